The molecule has 2 unspecified atom stereocenters. The Morgan fingerprint density at radius 3 is 2.56 bits per heavy atom. The highest BCUT2D eigenvalue weighted by molar-refractivity contribution is 7.22. The molecule has 2 aliphatic rings. The number of benzene rings is 3. The van der Waals surface area contributed by atoms with Gasteiger partial charge in [0.05, 0.1) is 10.2 Å². The molecule has 1 aromatic heterocycles. The molecule has 2 atom stereocenters. The van der Waals surface area contributed by atoms with E-state index in [0.717, 1.165) is 27.4 Å². The average Bonchev–Trinajstić information content (AvgIpc) is 3.25. The van der Waals surface area contributed by atoms with Crippen molar-refractivity contribution < 1.29 is 13.6 Å². The Balaban J connectivity index is 1.40. The number of guanidine groups is 1. The van der Waals surface area contributed by atoms with E-state index in [-0.39, 0.29) is 11.7 Å². The number of anilines is 1. The van der Waals surface area contributed by atoms with Gasteiger partial charge in [0, 0.05) is 23.8 Å². The van der Waals surface area contributed by atoms with E-state index in [1.807, 2.05) is 49.4 Å². The third-order valence-corrected chi connectivity index (χ3v) is 7.49. The van der Waals surface area contributed by atoms with Gasteiger partial charge in [0.1, 0.15) is 17.7 Å². The van der Waals surface area contributed by atoms with Gasteiger partial charge in [0.15, 0.2) is 10.9 Å². The molecule has 8 heteroatoms. The van der Waals surface area contributed by atoms with Gasteiger partial charge in [-0.2, -0.15) is 0 Å². The fraction of sp³-hybridized carbons (Fsp3) is 0.179. The van der Waals surface area contributed by atoms with Crippen molar-refractivity contribution in [1.82, 2.24) is 10.3 Å². The quantitative estimate of drug-likeness (QED) is 0.342. The van der Waals surface area contributed by atoms with Crippen LogP contribution in [0.25, 0.3) is 10.2 Å². The number of aromatic nitrogens is 1. The lowest BCUT2D eigenvalue weighted by atomic mass is 9.78. The van der Waals surface area contributed by atoms with E-state index < -0.39 is 17.7 Å². The monoisotopic (exact) mass is 500 g/mol. The van der Waals surface area contributed by atoms with Crippen molar-refractivity contribution in [2.45, 2.75) is 31.7 Å². The van der Waals surface area contributed by atoms with Gasteiger partial charge in [0.25, 0.3) is 0 Å². The smallest absolute Gasteiger partial charge is 0.202 e. The van der Waals surface area contributed by atoms with E-state index in [4.69, 9.17) is 4.99 Å². The SMILES string of the molecule is Cc1cccc(C2CC(=O)C3=C(C2)NC(Nc2nc4ccccc4s2)=NC3c2cc(F)cc(F)c2)c1. The normalized spacial score (nSPS) is 19.6. The number of nitrogens with one attached hydrogen (secondary N) is 2. The minimum atomic E-state index is -0.825. The maximum atomic E-state index is 14.2. The summed E-state index contributed by atoms with van der Waals surface area (Å²) in [4.78, 5) is 22.8. The maximum absolute atomic E-state index is 14.2. The van der Waals surface area contributed by atoms with Gasteiger partial charge >= 0.3 is 0 Å². The lowest BCUT2D eigenvalue weighted by Gasteiger charge is -2.34. The number of Topliss-reactive ketones (excluding diaryl/α,β-unsaturated/α-hetero) is 1. The van der Waals surface area contributed by atoms with Crippen LogP contribution in [0, 0.1) is 18.6 Å². The number of carbonyl (C=O) groups is 1. The first-order chi connectivity index (χ1) is 17.4. The Bertz CT molecular complexity index is 1520. The number of allylic oxidation sites excluding steroid dienone is 1. The van der Waals surface area contributed by atoms with Crippen LogP contribution in [-0.4, -0.2) is 16.7 Å². The minimum Gasteiger partial charge on any atom is -0.329 e. The summed E-state index contributed by atoms with van der Waals surface area (Å²) in [5, 5.41) is 7.16. The van der Waals surface area contributed by atoms with Crippen LogP contribution >= 0.6 is 11.3 Å². The second-order valence-corrected chi connectivity index (χ2v) is 10.2. The van der Waals surface area contributed by atoms with Gasteiger partial charge in [-0.15, -0.1) is 0 Å². The van der Waals surface area contributed by atoms with Gasteiger partial charge < -0.3 is 10.6 Å². The molecule has 1 aliphatic carbocycles. The van der Waals surface area contributed by atoms with Gasteiger partial charge in [-0.1, -0.05) is 53.3 Å². The molecule has 4 aromatic rings. The van der Waals surface area contributed by atoms with Crippen molar-refractivity contribution in [3.8, 4) is 0 Å². The molecule has 0 bridgehead atoms. The number of rotatable bonds is 3. The first kappa shape index (κ1) is 22.5. The number of aryl methyl sites for hydroxylation is 1. The number of hydrogen-bond acceptors (Lipinski definition) is 6. The molecule has 1 aliphatic heterocycles. The standard InChI is InChI=1S/C28H22F2N4OS/c1-15-5-4-6-16(9-15)17-12-22-25(23(35)13-17)26(18-10-19(29)14-20(30)11-18)33-27(31-22)34-28-32-21-7-2-3-8-24(21)36-28/h2-11,14,17,26H,12-13H2,1H3,(H2,31,32,33,34). The third kappa shape index (κ3) is 4.28. The van der Waals surface area contributed by atoms with Gasteiger partial charge in [0.2, 0.25) is 5.96 Å². The summed E-state index contributed by atoms with van der Waals surface area (Å²) in [6.45, 7) is 2.03. The Labute approximate surface area is 210 Å². The molecular formula is C28H22F2N4OS. The molecule has 0 fully saturated rings. The van der Waals surface area contributed by atoms with E-state index in [1.165, 1.54) is 23.5 Å². The van der Waals surface area contributed by atoms with E-state index in [0.29, 0.717) is 40.8 Å². The Hall–Kier alpha value is -3.91. The predicted molar refractivity (Wildman–Crippen MR) is 138 cm³/mol. The molecule has 2 heterocycles. The van der Waals surface area contributed by atoms with Crippen LogP contribution in [0.5, 0.6) is 0 Å². The average molecular weight is 501 g/mol. The number of halogens is 2. The number of nitrogens with zero attached hydrogens (tertiary/aromatic N) is 2. The van der Waals surface area contributed by atoms with E-state index in [1.54, 1.807) is 0 Å². The summed E-state index contributed by atoms with van der Waals surface area (Å²) in [6.07, 6.45) is 0.897. The molecule has 3 aromatic carbocycles. The molecule has 0 saturated carbocycles. The molecule has 180 valence electrons. The lowest BCUT2D eigenvalue weighted by Crippen LogP contribution is -2.39. The maximum Gasteiger partial charge on any atom is 0.202 e. The Morgan fingerprint density at radius 1 is 0.972 bits per heavy atom. The first-order valence-corrected chi connectivity index (χ1v) is 12.5. The van der Waals surface area contributed by atoms with Gasteiger partial charge in [-0.05, 0) is 54.7 Å². The molecule has 0 radical (unpaired) electrons. The van der Waals surface area contributed by atoms with Crippen molar-refractivity contribution in [2.24, 2.45) is 4.99 Å². The van der Waals surface area contributed by atoms with Crippen LogP contribution in [0.4, 0.5) is 13.9 Å². The van der Waals surface area contributed by atoms with Crippen molar-refractivity contribution >= 4 is 38.4 Å². The summed E-state index contributed by atoms with van der Waals surface area (Å²) in [5.41, 5.74) is 4.55. The number of fused-ring (bicyclic) bond motifs is 1. The number of carbonyl (C=O) groups excluding carboxylic acids is 1. The number of ketones is 1. The van der Waals surface area contributed by atoms with Crippen LogP contribution in [0.1, 0.15) is 41.5 Å². The fourth-order valence-electron chi connectivity index (χ4n) is 4.96. The summed E-state index contributed by atoms with van der Waals surface area (Å²) in [7, 11) is 0. The number of para-hydroxylation sites is 1. The molecule has 36 heavy (non-hydrogen) atoms. The predicted octanol–water partition coefficient (Wildman–Crippen LogP) is 6.40. The summed E-state index contributed by atoms with van der Waals surface area (Å²) < 4.78 is 29.3. The minimum absolute atomic E-state index is 0.00431. The fourth-order valence-corrected chi connectivity index (χ4v) is 5.82. The van der Waals surface area contributed by atoms with Crippen LogP contribution in [0.15, 0.2) is 83.0 Å². The first-order valence-electron chi connectivity index (χ1n) is 11.7. The summed E-state index contributed by atoms with van der Waals surface area (Å²) in [5.74, 6) is -1.10. The zero-order valence-electron chi connectivity index (χ0n) is 19.4. The van der Waals surface area contributed by atoms with Crippen LogP contribution < -0.4 is 10.6 Å². The molecule has 0 spiro atoms. The van der Waals surface area contributed by atoms with Crippen molar-refractivity contribution in [3.05, 3.63) is 106 Å². The second kappa shape index (κ2) is 8.95. The topological polar surface area (TPSA) is 66.4 Å². The van der Waals surface area contributed by atoms with E-state index in [9.17, 15) is 13.6 Å². The Kier molecular flexibility index (Phi) is 5.60. The zero-order chi connectivity index (χ0) is 24.8. The van der Waals surface area contributed by atoms with Crippen LogP contribution in [-0.2, 0) is 4.79 Å². The van der Waals surface area contributed by atoms with E-state index >= 15 is 0 Å². The molecule has 0 saturated heterocycles. The van der Waals surface area contributed by atoms with Gasteiger partial charge in [-0.3, -0.25) is 4.79 Å². The van der Waals surface area contributed by atoms with E-state index in [2.05, 4.69) is 21.7 Å². The highest BCUT2D eigenvalue weighted by atomic mass is 32.1. The van der Waals surface area contributed by atoms with Crippen molar-refractivity contribution in [2.75, 3.05) is 5.32 Å². The van der Waals surface area contributed by atoms with Crippen LogP contribution in [0.2, 0.25) is 0 Å². The van der Waals surface area contributed by atoms with Crippen molar-refractivity contribution in [3.63, 3.8) is 0 Å². The highest BCUT2D eigenvalue weighted by Crippen LogP contribution is 2.42. The summed E-state index contributed by atoms with van der Waals surface area (Å²) in [6, 6.07) is 18.4. The van der Waals surface area contributed by atoms with Crippen molar-refractivity contribution in [1.29, 1.82) is 0 Å². The molecule has 0 amide bonds. The second-order valence-electron chi connectivity index (χ2n) is 9.15. The van der Waals surface area contributed by atoms with Gasteiger partial charge in [-0.25, -0.2) is 18.8 Å². The Morgan fingerprint density at radius 2 is 1.78 bits per heavy atom. The number of hydrogen-bond donors (Lipinski definition) is 2. The largest absolute Gasteiger partial charge is 0.329 e. The number of thiazole rings is 1. The van der Waals surface area contributed by atoms with Crippen LogP contribution in [0.3, 0.4) is 0 Å². The molecular weight excluding hydrogens is 478 g/mol. The third-order valence-electron chi connectivity index (χ3n) is 6.54. The summed E-state index contributed by atoms with van der Waals surface area (Å²) >= 11 is 1.48. The number of aliphatic imine (C=N–C) groups is 1. The molecule has 2 N–H and O–H groups in total. The zero-order valence-corrected chi connectivity index (χ0v) is 20.2. The molecule has 5 nitrogen and oxygen atoms in total. The molecule has 6 rings (SSSR count). The highest BCUT2D eigenvalue weighted by Gasteiger charge is 2.37. The lowest BCUT2D eigenvalue weighted by molar-refractivity contribution is -0.116.